The SMILES string of the molecule is CC(C)(C)OC(=O)N1CCc2cc(Nc3nc(Br)ccc3N)ccc21. The molecule has 0 radical (unpaired) electrons. The normalized spacial score (nSPS) is 13.5. The zero-order chi connectivity index (χ0) is 18.2. The predicted octanol–water partition coefficient (Wildman–Crippen LogP) is 4.47. The van der Waals surface area contributed by atoms with Crippen molar-refractivity contribution < 1.29 is 9.53 Å². The van der Waals surface area contributed by atoms with Crippen molar-refractivity contribution in [2.24, 2.45) is 0 Å². The van der Waals surface area contributed by atoms with Crippen molar-refractivity contribution in [2.75, 3.05) is 22.5 Å². The lowest BCUT2D eigenvalue weighted by atomic mass is 10.1. The first kappa shape index (κ1) is 17.5. The van der Waals surface area contributed by atoms with Gasteiger partial charge in [-0.1, -0.05) is 0 Å². The summed E-state index contributed by atoms with van der Waals surface area (Å²) in [7, 11) is 0. The van der Waals surface area contributed by atoms with E-state index in [1.165, 1.54) is 0 Å². The van der Waals surface area contributed by atoms with Gasteiger partial charge in [0.15, 0.2) is 5.82 Å². The van der Waals surface area contributed by atoms with Gasteiger partial charge in [-0.3, -0.25) is 4.90 Å². The van der Waals surface area contributed by atoms with Gasteiger partial charge in [-0.15, -0.1) is 0 Å². The van der Waals surface area contributed by atoms with E-state index in [4.69, 9.17) is 10.5 Å². The number of carbonyl (C=O) groups is 1. The van der Waals surface area contributed by atoms with E-state index < -0.39 is 5.60 Å². The zero-order valence-corrected chi connectivity index (χ0v) is 16.1. The van der Waals surface area contributed by atoms with Crippen LogP contribution < -0.4 is 16.0 Å². The van der Waals surface area contributed by atoms with Gasteiger partial charge in [0.1, 0.15) is 10.2 Å². The lowest BCUT2D eigenvalue weighted by Crippen LogP contribution is -2.35. The number of nitrogens with one attached hydrogen (secondary N) is 1. The second-order valence-corrected chi connectivity index (χ2v) is 7.73. The number of rotatable bonds is 2. The van der Waals surface area contributed by atoms with E-state index in [1.54, 1.807) is 17.0 Å². The summed E-state index contributed by atoms with van der Waals surface area (Å²) in [5.74, 6) is 0.594. The van der Waals surface area contributed by atoms with Gasteiger partial charge in [-0.25, -0.2) is 9.78 Å². The second kappa shape index (κ2) is 6.55. The van der Waals surface area contributed by atoms with Gasteiger partial charge in [-0.2, -0.15) is 0 Å². The minimum atomic E-state index is -0.509. The number of amides is 1. The van der Waals surface area contributed by atoms with Crippen molar-refractivity contribution in [2.45, 2.75) is 32.8 Å². The zero-order valence-electron chi connectivity index (χ0n) is 14.5. The van der Waals surface area contributed by atoms with E-state index in [1.807, 2.05) is 39.0 Å². The molecule has 132 valence electrons. The maximum absolute atomic E-state index is 12.3. The van der Waals surface area contributed by atoms with E-state index in [2.05, 4.69) is 26.2 Å². The summed E-state index contributed by atoms with van der Waals surface area (Å²) in [6.07, 6.45) is 0.468. The quantitative estimate of drug-likeness (QED) is 0.721. The fourth-order valence-corrected chi connectivity index (χ4v) is 2.98. The highest BCUT2D eigenvalue weighted by Gasteiger charge is 2.29. The number of halogens is 1. The summed E-state index contributed by atoms with van der Waals surface area (Å²) in [5.41, 5.74) is 8.86. The van der Waals surface area contributed by atoms with Crippen LogP contribution in [0.5, 0.6) is 0 Å². The molecule has 1 aromatic heterocycles. The molecule has 3 N–H and O–H groups in total. The average molecular weight is 405 g/mol. The predicted molar refractivity (Wildman–Crippen MR) is 103 cm³/mol. The number of nitrogen functional groups attached to an aromatic ring is 1. The summed E-state index contributed by atoms with van der Waals surface area (Å²) in [6, 6.07) is 9.42. The summed E-state index contributed by atoms with van der Waals surface area (Å²) in [4.78, 5) is 18.4. The minimum Gasteiger partial charge on any atom is -0.443 e. The van der Waals surface area contributed by atoms with Crippen LogP contribution in [-0.2, 0) is 11.2 Å². The number of fused-ring (bicyclic) bond motifs is 1. The van der Waals surface area contributed by atoms with Crippen molar-refractivity contribution >= 4 is 44.9 Å². The summed E-state index contributed by atoms with van der Waals surface area (Å²) < 4.78 is 6.18. The molecule has 25 heavy (non-hydrogen) atoms. The Hall–Kier alpha value is -2.28. The minimum absolute atomic E-state index is 0.315. The fourth-order valence-electron chi connectivity index (χ4n) is 2.67. The molecule has 0 aliphatic carbocycles. The molecule has 7 heteroatoms. The van der Waals surface area contributed by atoms with Gasteiger partial charge in [0.2, 0.25) is 0 Å². The number of hydrogen-bond donors (Lipinski definition) is 2. The van der Waals surface area contributed by atoms with Crippen molar-refractivity contribution in [1.82, 2.24) is 4.98 Å². The van der Waals surface area contributed by atoms with Gasteiger partial charge in [0.05, 0.1) is 11.4 Å². The van der Waals surface area contributed by atoms with Crippen LogP contribution in [0.2, 0.25) is 0 Å². The van der Waals surface area contributed by atoms with Crippen LogP contribution in [0.25, 0.3) is 0 Å². The van der Waals surface area contributed by atoms with Crippen LogP contribution in [0.4, 0.5) is 27.7 Å². The van der Waals surface area contributed by atoms with Crippen LogP contribution in [0, 0.1) is 0 Å². The molecule has 3 rings (SSSR count). The monoisotopic (exact) mass is 404 g/mol. The molecule has 6 nitrogen and oxygen atoms in total. The third-order valence-corrected chi connectivity index (χ3v) is 4.19. The molecular formula is C18H21BrN4O2. The van der Waals surface area contributed by atoms with Crippen molar-refractivity contribution in [1.29, 1.82) is 0 Å². The number of nitrogens with two attached hydrogens (primary N) is 1. The standard InChI is InChI=1S/C18H21BrN4O2/c1-18(2,3)25-17(24)23-9-8-11-10-12(4-6-14(11)23)21-16-13(20)5-7-15(19)22-16/h4-7,10H,8-9,20H2,1-3H3,(H,21,22). The topological polar surface area (TPSA) is 80.5 Å². The summed E-state index contributed by atoms with van der Waals surface area (Å²) in [5, 5.41) is 3.22. The van der Waals surface area contributed by atoms with E-state index in [9.17, 15) is 4.79 Å². The number of benzene rings is 1. The number of nitrogens with zero attached hydrogens (tertiary/aromatic N) is 2. The molecule has 0 saturated heterocycles. The molecule has 1 aromatic carbocycles. The van der Waals surface area contributed by atoms with Gasteiger partial charge >= 0.3 is 6.09 Å². The third-order valence-electron chi connectivity index (χ3n) is 3.74. The van der Waals surface area contributed by atoms with Crippen molar-refractivity contribution in [3.8, 4) is 0 Å². The molecule has 0 saturated carbocycles. The van der Waals surface area contributed by atoms with E-state index in [0.717, 1.165) is 23.4 Å². The third kappa shape index (κ3) is 4.04. The van der Waals surface area contributed by atoms with Gasteiger partial charge in [0.25, 0.3) is 0 Å². The molecule has 1 aliphatic rings. The van der Waals surface area contributed by atoms with E-state index in [-0.39, 0.29) is 6.09 Å². The molecule has 0 spiro atoms. The largest absolute Gasteiger partial charge is 0.443 e. The molecule has 1 amide bonds. The first-order valence-corrected chi connectivity index (χ1v) is 8.85. The number of anilines is 4. The van der Waals surface area contributed by atoms with Crippen LogP contribution in [-0.4, -0.2) is 23.2 Å². The number of hydrogen-bond acceptors (Lipinski definition) is 5. The molecule has 0 unspecified atom stereocenters. The molecule has 0 atom stereocenters. The number of ether oxygens (including phenoxy) is 1. The Morgan fingerprint density at radius 2 is 2.08 bits per heavy atom. The molecule has 0 bridgehead atoms. The van der Waals surface area contributed by atoms with Crippen LogP contribution in [0.1, 0.15) is 26.3 Å². The Labute approximate surface area is 155 Å². The van der Waals surface area contributed by atoms with E-state index >= 15 is 0 Å². The Kier molecular flexibility index (Phi) is 4.60. The Morgan fingerprint density at radius 1 is 1.32 bits per heavy atom. The number of pyridine rings is 1. The Balaban J connectivity index is 1.80. The highest BCUT2D eigenvalue weighted by molar-refractivity contribution is 9.10. The van der Waals surface area contributed by atoms with Gasteiger partial charge in [0, 0.05) is 12.2 Å². The summed E-state index contributed by atoms with van der Waals surface area (Å²) in [6.45, 7) is 6.21. The fraction of sp³-hybridized carbons (Fsp3) is 0.333. The average Bonchev–Trinajstić information content (AvgIpc) is 2.92. The highest BCUT2D eigenvalue weighted by atomic mass is 79.9. The lowest BCUT2D eigenvalue weighted by Gasteiger charge is -2.24. The smallest absolute Gasteiger partial charge is 0.414 e. The van der Waals surface area contributed by atoms with Crippen molar-refractivity contribution in [3.05, 3.63) is 40.5 Å². The first-order valence-electron chi connectivity index (χ1n) is 8.05. The number of aromatic nitrogens is 1. The second-order valence-electron chi connectivity index (χ2n) is 6.92. The lowest BCUT2D eigenvalue weighted by molar-refractivity contribution is 0.0584. The number of carbonyl (C=O) groups excluding carboxylic acids is 1. The maximum atomic E-state index is 12.3. The molecular weight excluding hydrogens is 384 g/mol. The van der Waals surface area contributed by atoms with Gasteiger partial charge < -0.3 is 15.8 Å². The van der Waals surface area contributed by atoms with Crippen LogP contribution >= 0.6 is 15.9 Å². The van der Waals surface area contributed by atoms with Crippen molar-refractivity contribution in [3.63, 3.8) is 0 Å². The Morgan fingerprint density at radius 3 is 2.80 bits per heavy atom. The molecule has 0 fully saturated rings. The molecule has 1 aliphatic heterocycles. The van der Waals surface area contributed by atoms with E-state index in [0.29, 0.717) is 22.7 Å². The first-order chi connectivity index (χ1) is 11.7. The molecule has 2 aromatic rings. The summed E-state index contributed by atoms with van der Waals surface area (Å²) >= 11 is 3.34. The van der Waals surface area contributed by atoms with Gasteiger partial charge in [-0.05, 0) is 79.0 Å². The highest BCUT2D eigenvalue weighted by Crippen LogP contribution is 2.33. The molecule has 2 heterocycles. The Bertz CT molecular complexity index is 817. The maximum Gasteiger partial charge on any atom is 0.414 e. The van der Waals surface area contributed by atoms with Crippen LogP contribution in [0.3, 0.4) is 0 Å². The van der Waals surface area contributed by atoms with Crippen LogP contribution in [0.15, 0.2) is 34.9 Å².